The number of anilines is 1. The van der Waals surface area contributed by atoms with E-state index in [9.17, 15) is 8.78 Å². The Labute approximate surface area is 78.6 Å². The van der Waals surface area contributed by atoms with Crippen molar-refractivity contribution in [2.45, 2.75) is 13.0 Å². The zero-order chi connectivity index (χ0) is 10.7. The molecule has 0 aliphatic heterocycles. The molecule has 3 N–H and O–H groups in total. The monoisotopic (exact) mass is 199 g/mol. The molecule has 0 aromatic carbocycles. The van der Waals surface area contributed by atoms with Gasteiger partial charge in [-0.25, -0.2) is 13.8 Å². The molecular formula is C8H7F2N3O. The molecule has 1 rings (SSSR count). The predicted molar refractivity (Wildman–Crippen MR) is 44.2 cm³/mol. The van der Waals surface area contributed by atoms with Crippen LogP contribution in [0.15, 0.2) is 6.07 Å². The second-order valence-electron chi connectivity index (χ2n) is 2.53. The average Bonchev–Trinajstić information content (AvgIpc) is 2.17. The summed E-state index contributed by atoms with van der Waals surface area (Å²) in [7, 11) is 0. The van der Waals surface area contributed by atoms with E-state index in [2.05, 4.69) is 4.98 Å². The number of hydrogen-bond acceptors (Lipinski definition) is 4. The van der Waals surface area contributed by atoms with Crippen molar-refractivity contribution in [2.24, 2.45) is 0 Å². The first-order chi connectivity index (χ1) is 6.60. The summed E-state index contributed by atoms with van der Waals surface area (Å²) in [4.78, 5) is 3.58. The Balaban J connectivity index is 3.36. The highest BCUT2D eigenvalue weighted by atomic mass is 19.3. The van der Waals surface area contributed by atoms with Crippen molar-refractivity contribution in [1.29, 1.82) is 5.26 Å². The number of hydrogen-bond donors (Lipinski definition) is 2. The van der Waals surface area contributed by atoms with Gasteiger partial charge in [-0.3, -0.25) is 0 Å². The van der Waals surface area contributed by atoms with Crippen LogP contribution in [0.5, 0.6) is 0 Å². The van der Waals surface area contributed by atoms with E-state index in [1.165, 1.54) is 0 Å². The van der Waals surface area contributed by atoms with Gasteiger partial charge in [0.15, 0.2) is 0 Å². The molecule has 74 valence electrons. The standard InChI is InChI=1S/C8H7F2N3O/c9-8(10)5-1-4(2-11)13-6(3-14)7(5)12/h1,8,14H,3,12H2. The van der Waals surface area contributed by atoms with E-state index in [1.807, 2.05) is 0 Å². The molecule has 0 bridgehead atoms. The summed E-state index contributed by atoms with van der Waals surface area (Å²) in [5, 5.41) is 17.2. The lowest BCUT2D eigenvalue weighted by Gasteiger charge is -2.08. The fourth-order valence-electron chi connectivity index (χ4n) is 0.988. The lowest BCUT2D eigenvalue weighted by atomic mass is 10.1. The number of nitrogens with two attached hydrogens (primary N) is 1. The van der Waals surface area contributed by atoms with Gasteiger partial charge in [0, 0.05) is 5.56 Å². The molecule has 1 aromatic heterocycles. The molecule has 0 saturated heterocycles. The second-order valence-corrected chi connectivity index (χ2v) is 2.53. The number of pyridine rings is 1. The Morgan fingerprint density at radius 1 is 1.64 bits per heavy atom. The van der Waals surface area contributed by atoms with E-state index in [0.29, 0.717) is 0 Å². The van der Waals surface area contributed by atoms with Crippen LogP contribution in [0.2, 0.25) is 0 Å². The van der Waals surface area contributed by atoms with Gasteiger partial charge in [0.2, 0.25) is 0 Å². The van der Waals surface area contributed by atoms with Crippen molar-refractivity contribution >= 4 is 5.69 Å². The Morgan fingerprint density at radius 3 is 2.71 bits per heavy atom. The highest BCUT2D eigenvalue weighted by Gasteiger charge is 2.16. The minimum absolute atomic E-state index is 0.0978. The van der Waals surface area contributed by atoms with Gasteiger partial charge in [-0.05, 0) is 6.07 Å². The SMILES string of the molecule is N#Cc1cc(C(F)F)c(N)c(CO)n1. The zero-order valence-corrected chi connectivity index (χ0v) is 7.04. The molecule has 0 spiro atoms. The number of alkyl halides is 2. The highest BCUT2D eigenvalue weighted by molar-refractivity contribution is 5.53. The van der Waals surface area contributed by atoms with Crippen LogP contribution in [-0.4, -0.2) is 10.1 Å². The molecule has 0 amide bonds. The van der Waals surface area contributed by atoms with Crippen LogP contribution in [0.3, 0.4) is 0 Å². The Morgan fingerprint density at radius 2 is 2.29 bits per heavy atom. The maximum Gasteiger partial charge on any atom is 0.265 e. The molecule has 0 fully saturated rings. The van der Waals surface area contributed by atoms with Gasteiger partial charge in [0.05, 0.1) is 18.0 Å². The minimum Gasteiger partial charge on any atom is -0.397 e. The van der Waals surface area contributed by atoms with E-state index >= 15 is 0 Å². The molecule has 0 unspecified atom stereocenters. The van der Waals surface area contributed by atoms with Crippen LogP contribution < -0.4 is 5.73 Å². The lowest BCUT2D eigenvalue weighted by Crippen LogP contribution is -2.05. The van der Waals surface area contributed by atoms with Crippen LogP contribution in [0, 0.1) is 11.3 Å². The number of nitrogen functional groups attached to an aromatic ring is 1. The maximum atomic E-state index is 12.4. The van der Waals surface area contributed by atoms with Crippen LogP contribution in [-0.2, 0) is 6.61 Å². The normalized spacial score (nSPS) is 10.2. The molecular weight excluding hydrogens is 192 g/mol. The quantitative estimate of drug-likeness (QED) is 0.743. The third-order valence-corrected chi connectivity index (χ3v) is 1.67. The van der Waals surface area contributed by atoms with Crippen LogP contribution in [0.4, 0.5) is 14.5 Å². The highest BCUT2D eigenvalue weighted by Crippen LogP contribution is 2.27. The van der Waals surface area contributed by atoms with Crippen LogP contribution in [0.25, 0.3) is 0 Å². The van der Waals surface area contributed by atoms with Crippen molar-refractivity contribution in [3.8, 4) is 6.07 Å². The summed E-state index contributed by atoms with van der Waals surface area (Å²) < 4.78 is 24.7. The average molecular weight is 199 g/mol. The van der Waals surface area contributed by atoms with Crippen molar-refractivity contribution in [1.82, 2.24) is 4.98 Å². The van der Waals surface area contributed by atoms with Gasteiger partial charge in [-0.15, -0.1) is 0 Å². The first kappa shape index (κ1) is 10.3. The number of halogens is 2. The first-order valence-electron chi connectivity index (χ1n) is 3.68. The molecule has 4 nitrogen and oxygen atoms in total. The molecule has 0 radical (unpaired) electrons. The number of nitriles is 1. The molecule has 0 aliphatic rings. The lowest BCUT2D eigenvalue weighted by molar-refractivity contribution is 0.152. The van der Waals surface area contributed by atoms with Crippen molar-refractivity contribution in [2.75, 3.05) is 5.73 Å². The molecule has 14 heavy (non-hydrogen) atoms. The largest absolute Gasteiger partial charge is 0.397 e. The third kappa shape index (κ3) is 1.78. The summed E-state index contributed by atoms with van der Waals surface area (Å²) >= 11 is 0. The predicted octanol–water partition coefficient (Wildman–Crippen LogP) is 0.965. The summed E-state index contributed by atoms with van der Waals surface area (Å²) in [5.41, 5.74) is 4.29. The summed E-state index contributed by atoms with van der Waals surface area (Å²) in [6, 6.07) is 2.53. The fourth-order valence-corrected chi connectivity index (χ4v) is 0.988. The summed E-state index contributed by atoms with van der Waals surface area (Å²) in [6.07, 6.45) is -2.78. The molecule has 0 aliphatic carbocycles. The van der Waals surface area contributed by atoms with Crippen molar-refractivity contribution in [3.05, 3.63) is 23.0 Å². The van der Waals surface area contributed by atoms with Gasteiger partial charge in [-0.1, -0.05) is 0 Å². The zero-order valence-electron chi connectivity index (χ0n) is 7.04. The van der Waals surface area contributed by atoms with Crippen LogP contribution in [0.1, 0.15) is 23.4 Å². The van der Waals surface area contributed by atoms with Gasteiger partial charge in [-0.2, -0.15) is 5.26 Å². The number of nitrogens with zero attached hydrogens (tertiary/aromatic N) is 2. The van der Waals surface area contributed by atoms with E-state index in [-0.39, 0.29) is 17.1 Å². The Bertz CT molecular complexity index is 387. The van der Waals surface area contributed by atoms with Gasteiger partial charge in [0.1, 0.15) is 11.8 Å². The van der Waals surface area contributed by atoms with Crippen molar-refractivity contribution in [3.63, 3.8) is 0 Å². The summed E-state index contributed by atoms with van der Waals surface area (Å²) in [5.74, 6) is 0. The molecule has 0 saturated carbocycles. The second kappa shape index (κ2) is 3.98. The van der Waals surface area contributed by atoms with Gasteiger partial charge >= 0.3 is 0 Å². The van der Waals surface area contributed by atoms with E-state index in [4.69, 9.17) is 16.1 Å². The Hall–Kier alpha value is -1.74. The van der Waals surface area contributed by atoms with E-state index in [1.54, 1.807) is 6.07 Å². The van der Waals surface area contributed by atoms with Crippen LogP contribution >= 0.6 is 0 Å². The first-order valence-corrected chi connectivity index (χ1v) is 3.68. The number of rotatable bonds is 2. The summed E-state index contributed by atoms with van der Waals surface area (Å²) in [6.45, 7) is -0.568. The Kier molecular flexibility index (Phi) is 2.94. The minimum atomic E-state index is -2.78. The molecule has 1 aromatic rings. The smallest absolute Gasteiger partial charge is 0.265 e. The molecule has 6 heteroatoms. The van der Waals surface area contributed by atoms with E-state index < -0.39 is 18.6 Å². The number of aliphatic hydroxyl groups is 1. The van der Waals surface area contributed by atoms with E-state index in [0.717, 1.165) is 6.07 Å². The van der Waals surface area contributed by atoms with Crippen molar-refractivity contribution < 1.29 is 13.9 Å². The van der Waals surface area contributed by atoms with Gasteiger partial charge in [0.25, 0.3) is 6.43 Å². The number of aliphatic hydroxyl groups excluding tert-OH is 1. The molecule has 0 atom stereocenters. The van der Waals surface area contributed by atoms with Gasteiger partial charge < -0.3 is 10.8 Å². The fraction of sp³-hybridized carbons (Fsp3) is 0.250. The number of aromatic nitrogens is 1. The maximum absolute atomic E-state index is 12.4. The topological polar surface area (TPSA) is 82.9 Å². The third-order valence-electron chi connectivity index (χ3n) is 1.67. The molecule has 1 heterocycles.